The van der Waals surface area contributed by atoms with E-state index in [9.17, 15) is 8.42 Å². The van der Waals surface area contributed by atoms with Crippen molar-refractivity contribution in [3.05, 3.63) is 65.2 Å². The average molecular weight is 356 g/mol. The Labute approximate surface area is 148 Å². The Morgan fingerprint density at radius 1 is 1.08 bits per heavy atom. The molecule has 1 fully saturated rings. The molecule has 1 saturated heterocycles. The van der Waals surface area contributed by atoms with Gasteiger partial charge < -0.3 is 4.84 Å². The van der Waals surface area contributed by atoms with Crippen molar-refractivity contribution in [3.63, 3.8) is 0 Å². The molecule has 25 heavy (non-hydrogen) atoms. The molecule has 0 radical (unpaired) electrons. The van der Waals surface area contributed by atoms with Gasteiger partial charge in [-0.2, -0.15) is 4.31 Å². The predicted molar refractivity (Wildman–Crippen MR) is 96.0 cm³/mol. The van der Waals surface area contributed by atoms with Crippen LogP contribution in [0.2, 0.25) is 0 Å². The van der Waals surface area contributed by atoms with E-state index in [0.29, 0.717) is 18.0 Å². The molecule has 0 saturated carbocycles. The van der Waals surface area contributed by atoms with Crippen molar-refractivity contribution in [2.24, 2.45) is 11.1 Å². The van der Waals surface area contributed by atoms with Gasteiger partial charge in [-0.3, -0.25) is 0 Å². The van der Waals surface area contributed by atoms with Gasteiger partial charge in [-0.1, -0.05) is 47.6 Å². The van der Waals surface area contributed by atoms with Crippen molar-refractivity contribution < 1.29 is 13.3 Å². The van der Waals surface area contributed by atoms with Crippen LogP contribution >= 0.6 is 0 Å². The number of hydrogen-bond donors (Lipinski definition) is 0. The molecule has 0 N–H and O–H groups in total. The molecule has 2 aromatic rings. The molecule has 2 unspecified atom stereocenters. The summed E-state index contributed by atoms with van der Waals surface area (Å²) in [6.07, 6.45) is -0.213. The van der Waals surface area contributed by atoms with Crippen LogP contribution < -0.4 is 0 Å². The Morgan fingerprint density at radius 3 is 2.60 bits per heavy atom. The van der Waals surface area contributed by atoms with Gasteiger partial charge in [0.1, 0.15) is 0 Å². The summed E-state index contributed by atoms with van der Waals surface area (Å²) < 4.78 is 27.8. The van der Waals surface area contributed by atoms with Crippen LogP contribution in [0.15, 0.2) is 58.6 Å². The number of nitrogens with zero attached hydrogens (tertiary/aromatic N) is 2. The summed E-state index contributed by atoms with van der Waals surface area (Å²) in [6, 6.07) is 15.3. The fraction of sp³-hybridized carbons (Fsp3) is 0.316. The first-order chi connectivity index (χ1) is 12.0. The maximum absolute atomic E-state index is 13.1. The minimum atomic E-state index is -3.54. The van der Waals surface area contributed by atoms with Gasteiger partial charge in [-0.25, -0.2) is 8.42 Å². The SMILES string of the molecule is Cc1ccc(C)c(S(=O)(=O)N2CC3ON=C(c4ccccc4)C3C2)c1. The molecule has 4 rings (SSSR count). The van der Waals surface area contributed by atoms with Crippen LogP contribution in [0, 0.1) is 19.8 Å². The monoisotopic (exact) mass is 356 g/mol. The van der Waals surface area contributed by atoms with Crippen molar-refractivity contribution in [2.75, 3.05) is 13.1 Å². The van der Waals surface area contributed by atoms with Crippen molar-refractivity contribution in [3.8, 4) is 0 Å². The quantitative estimate of drug-likeness (QED) is 0.850. The molecule has 0 amide bonds. The summed E-state index contributed by atoms with van der Waals surface area (Å²) >= 11 is 0. The molecule has 2 aliphatic rings. The molecule has 0 aromatic heterocycles. The molecule has 2 atom stereocenters. The highest BCUT2D eigenvalue weighted by Gasteiger charge is 2.47. The third kappa shape index (κ3) is 2.75. The lowest BCUT2D eigenvalue weighted by Crippen LogP contribution is -2.31. The minimum Gasteiger partial charge on any atom is -0.390 e. The predicted octanol–water partition coefficient (Wildman–Crippen LogP) is 2.73. The number of aryl methyl sites for hydroxylation is 2. The zero-order valence-corrected chi connectivity index (χ0v) is 15.0. The van der Waals surface area contributed by atoms with E-state index in [2.05, 4.69) is 5.16 Å². The molecular weight excluding hydrogens is 336 g/mol. The number of sulfonamides is 1. The average Bonchev–Trinajstić information content (AvgIpc) is 3.18. The zero-order chi connectivity index (χ0) is 17.6. The highest BCUT2D eigenvalue weighted by atomic mass is 32.2. The second kappa shape index (κ2) is 5.97. The van der Waals surface area contributed by atoms with Gasteiger partial charge in [0.15, 0.2) is 6.10 Å². The third-order valence-corrected chi connectivity index (χ3v) is 6.88. The van der Waals surface area contributed by atoms with Crippen LogP contribution in [0.4, 0.5) is 0 Å². The van der Waals surface area contributed by atoms with Gasteiger partial charge in [-0.15, -0.1) is 0 Å². The lowest BCUT2D eigenvalue weighted by atomic mass is 9.95. The van der Waals surface area contributed by atoms with Gasteiger partial charge in [0.25, 0.3) is 0 Å². The summed E-state index contributed by atoms with van der Waals surface area (Å²) in [5.74, 6) is -0.0257. The number of fused-ring (bicyclic) bond motifs is 1. The van der Waals surface area contributed by atoms with E-state index in [1.165, 1.54) is 4.31 Å². The van der Waals surface area contributed by atoms with Crippen LogP contribution in [-0.4, -0.2) is 37.6 Å². The first kappa shape index (κ1) is 16.3. The normalized spacial score (nSPS) is 23.2. The summed E-state index contributed by atoms with van der Waals surface area (Å²) in [6.45, 7) is 4.46. The van der Waals surface area contributed by atoms with E-state index in [-0.39, 0.29) is 12.0 Å². The van der Waals surface area contributed by atoms with Gasteiger partial charge in [0.05, 0.1) is 23.1 Å². The Morgan fingerprint density at radius 2 is 1.84 bits per heavy atom. The van der Waals surface area contributed by atoms with Crippen molar-refractivity contribution in [1.82, 2.24) is 4.31 Å². The van der Waals surface area contributed by atoms with Crippen molar-refractivity contribution >= 4 is 15.7 Å². The van der Waals surface area contributed by atoms with Gasteiger partial charge in [0, 0.05) is 6.54 Å². The first-order valence-corrected chi connectivity index (χ1v) is 9.77. The maximum atomic E-state index is 13.1. The fourth-order valence-electron chi connectivity index (χ4n) is 3.50. The van der Waals surface area contributed by atoms with Crippen LogP contribution in [0.1, 0.15) is 16.7 Å². The van der Waals surface area contributed by atoms with E-state index in [1.807, 2.05) is 56.3 Å². The molecule has 0 spiro atoms. The van der Waals surface area contributed by atoms with E-state index in [0.717, 1.165) is 22.4 Å². The number of rotatable bonds is 3. The highest BCUT2D eigenvalue weighted by Crippen LogP contribution is 2.34. The standard InChI is InChI=1S/C19H20N2O3S/c1-13-8-9-14(2)18(10-13)25(22,23)21-11-16-17(12-21)24-20-19(16)15-6-4-3-5-7-15/h3-10,16-17H,11-12H2,1-2H3. The molecule has 5 nitrogen and oxygen atoms in total. The smallest absolute Gasteiger partial charge is 0.243 e. The summed E-state index contributed by atoms with van der Waals surface area (Å²) in [5.41, 5.74) is 3.53. The Hall–Kier alpha value is -2.18. The number of benzene rings is 2. The molecule has 0 aliphatic carbocycles. The second-order valence-electron chi connectivity index (χ2n) is 6.68. The lowest BCUT2D eigenvalue weighted by molar-refractivity contribution is 0.0803. The maximum Gasteiger partial charge on any atom is 0.243 e. The topological polar surface area (TPSA) is 59.0 Å². The summed E-state index contributed by atoms with van der Waals surface area (Å²) in [5, 5.41) is 4.21. The highest BCUT2D eigenvalue weighted by molar-refractivity contribution is 7.89. The summed E-state index contributed by atoms with van der Waals surface area (Å²) in [4.78, 5) is 5.92. The molecule has 6 heteroatoms. The van der Waals surface area contributed by atoms with Crippen LogP contribution in [0.3, 0.4) is 0 Å². The Bertz CT molecular complexity index is 938. The van der Waals surface area contributed by atoms with Crippen LogP contribution in [0.5, 0.6) is 0 Å². The van der Waals surface area contributed by atoms with Gasteiger partial charge in [-0.05, 0) is 36.6 Å². The Kier molecular flexibility index (Phi) is 3.89. The first-order valence-electron chi connectivity index (χ1n) is 8.33. The number of hydrogen-bond acceptors (Lipinski definition) is 4. The summed E-state index contributed by atoms with van der Waals surface area (Å²) in [7, 11) is -3.54. The van der Waals surface area contributed by atoms with Crippen molar-refractivity contribution in [1.29, 1.82) is 0 Å². The van der Waals surface area contributed by atoms with E-state index >= 15 is 0 Å². The van der Waals surface area contributed by atoms with E-state index in [1.54, 1.807) is 6.07 Å². The van der Waals surface area contributed by atoms with Gasteiger partial charge >= 0.3 is 0 Å². The molecular formula is C19H20N2O3S. The third-order valence-electron chi connectivity index (χ3n) is 4.90. The molecule has 0 bridgehead atoms. The molecule has 2 aliphatic heterocycles. The molecule has 2 aromatic carbocycles. The van der Waals surface area contributed by atoms with E-state index in [4.69, 9.17) is 4.84 Å². The minimum absolute atomic E-state index is 0.0257. The molecule has 130 valence electrons. The van der Waals surface area contributed by atoms with Crippen LogP contribution in [-0.2, 0) is 14.9 Å². The molecule has 2 heterocycles. The fourth-order valence-corrected chi connectivity index (χ4v) is 5.29. The zero-order valence-electron chi connectivity index (χ0n) is 14.2. The van der Waals surface area contributed by atoms with Crippen LogP contribution in [0.25, 0.3) is 0 Å². The second-order valence-corrected chi connectivity index (χ2v) is 8.59. The van der Waals surface area contributed by atoms with E-state index < -0.39 is 10.0 Å². The van der Waals surface area contributed by atoms with Gasteiger partial charge in [0.2, 0.25) is 10.0 Å². The van der Waals surface area contributed by atoms with Crippen molar-refractivity contribution in [2.45, 2.75) is 24.8 Å². The largest absolute Gasteiger partial charge is 0.390 e. The number of oxime groups is 1. The lowest BCUT2D eigenvalue weighted by Gasteiger charge is -2.18. The Balaban J connectivity index is 1.63.